The summed E-state index contributed by atoms with van der Waals surface area (Å²) in [5.41, 5.74) is 2.78. The summed E-state index contributed by atoms with van der Waals surface area (Å²) in [6.07, 6.45) is 0. The van der Waals surface area contributed by atoms with Gasteiger partial charge in [-0.3, -0.25) is 5.41 Å². The Morgan fingerprint density at radius 2 is 1.50 bits per heavy atom. The van der Waals surface area contributed by atoms with Crippen molar-refractivity contribution in [1.29, 1.82) is 5.41 Å². The molecule has 0 unspecified atom stereocenters. The van der Waals surface area contributed by atoms with Gasteiger partial charge in [0.2, 0.25) is 5.55 Å². The second-order valence-corrected chi connectivity index (χ2v) is 3.89. The molecule has 0 aliphatic heterocycles. The van der Waals surface area contributed by atoms with E-state index in [1.807, 2.05) is 60.7 Å². The Hall–Kier alpha value is -1.62. The molecule has 18 heavy (non-hydrogen) atoms. The van der Waals surface area contributed by atoms with Gasteiger partial charge in [-0.15, -0.1) is 24.0 Å². The number of benzene rings is 2. The fourth-order valence-electron chi connectivity index (χ4n) is 1.91. The highest BCUT2D eigenvalue weighted by atomic mass is 127. The molecule has 90 valence electrons. The zero-order chi connectivity index (χ0) is 11.7. The predicted octanol–water partition coefficient (Wildman–Crippen LogP) is 4.20. The highest BCUT2D eigenvalue weighted by Gasteiger charge is 2.03. The zero-order valence-corrected chi connectivity index (χ0v) is 11.9. The SMILES string of the molecule is I.N=c1oc2ccccc2cc1-c1ccccc1. The molecule has 2 aromatic carbocycles. The van der Waals surface area contributed by atoms with Gasteiger partial charge in [-0.1, -0.05) is 48.5 Å². The quantitative estimate of drug-likeness (QED) is 0.657. The van der Waals surface area contributed by atoms with Crippen molar-refractivity contribution >= 4 is 34.9 Å². The molecule has 3 aromatic rings. The van der Waals surface area contributed by atoms with Crippen molar-refractivity contribution in [3.63, 3.8) is 0 Å². The summed E-state index contributed by atoms with van der Waals surface area (Å²) in [7, 11) is 0. The Labute approximate surface area is 122 Å². The molecule has 1 N–H and O–H groups in total. The summed E-state index contributed by atoms with van der Waals surface area (Å²) in [6.45, 7) is 0. The van der Waals surface area contributed by atoms with Crippen LogP contribution < -0.4 is 5.55 Å². The number of halogens is 1. The van der Waals surface area contributed by atoms with Gasteiger partial charge in [-0.25, -0.2) is 0 Å². The van der Waals surface area contributed by atoms with Gasteiger partial charge in [0.05, 0.1) is 0 Å². The summed E-state index contributed by atoms with van der Waals surface area (Å²) < 4.78 is 5.51. The van der Waals surface area contributed by atoms with Crippen molar-refractivity contribution in [3.8, 4) is 11.1 Å². The van der Waals surface area contributed by atoms with Gasteiger partial charge < -0.3 is 4.42 Å². The average Bonchev–Trinajstić information content (AvgIpc) is 2.39. The molecule has 1 aromatic heterocycles. The topological polar surface area (TPSA) is 37.0 Å². The van der Waals surface area contributed by atoms with Gasteiger partial charge in [0, 0.05) is 10.9 Å². The van der Waals surface area contributed by atoms with Crippen LogP contribution in [0.25, 0.3) is 22.1 Å². The van der Waals surface area contributed by atoms with Crippen molar-refractivity contribution in [2.45, 2.75) is 0 Å². The van der Waals surface area contributed by atoms with E-state index in [0.29, 0.717) is 0 Å². The minimum Gasteiger partial charge on any atom is -0.438 e. The molecule has 0 aliphatic carbocycles. The molecule has 3 heteroatoms. The first kappa shape index (κ1) is 12.8. The lowest BCUT2D eigenvalue weighted by Gasteiger charge is -2.03. The van der Waals surface area contributed by atoms with Crippen LogP contribution in [0.2, 0.25) is 0 Å². The molecule has 0 amide bonds. The van der Waals surface area contributed by atoms with E-state index in [9.17, 15) is 0 Å². The van der Waals surface area contributed by atoms with Crippen LogP contribution in [0, 0.1) is 5.41 Å². The molecule has 2 nitrogen and oxygen atoms in total. The Morgan fingerprint density at radius 1 is 0.833 bits per heavy atom. The standard InChI is InChI=1S/C15H11NO.HI/c16-15-13(11-6-2-1-3-7-11)10-12-8-4-5-9-14(12)17-15;/h1-10,16H;1H. The lowest BCUT2D eigenvalue weighted by Crippen LogP contribution is -2.02. The van der Waals surface area contributed by atoms with Crippen LogP contribution in [0.1, 0.15) is 0 Å². The Kier molecular flexibility index (Phi) is 3.81. The van der Waals surface area contributed by atoms with Gasteiger partial charge in [-0.05, 0) is 17.7 Å². The van der Waals surface area contributed by atoms with E-state index < -0.39 is 0 Å². The zero-order valence-electron chi connectivity index (χ0n) is 9.59. The van der Waals surface area contributed by atoms with E-state index in [1.165, 1.54) is 0 Å². The van der Waals surface area contributed by atoms with E-state index in [4.69, 9.17) is 9.83 Å². The molecule has 0 spiro atoms. The van der Waals surface area contributed by atoms with Crippen LogP contribution in [0.15, 0.2) is 65.1 Å². The highest BCUT2D eigenvalue weighted by molar-refractivity contribution is 14.0. The first-order valence-electron chi connectivity index (χ1n) is 5.47. The third kappa shape index (κ3) is 2.31. The molecule has 3 rings (SSSR count). The lowest BCUT2D eigenvalue weighted by atomic mass is 10.1. The van der Waals surface area contributed by atoms with Crippen LogP contribution in [0.5, 0.6) is 0 Å². The molecule has 0 fully saturated rings. The Bertz CT molecular complexity index is 719. The summed E-state index contributed by atoms with van der Waals surface area (Å²) in [4.78, 5) is 0. The van der Waals surface area contributed by atoms with Crippen molar-refractivity contribution in [2.75, 3.05) is 0 Å². The fourth-order valence-corrected chi connectivity index (χ4v) is 1.91. The van der Waals surface area contributed by atoms with Crippen LogP contribution in [0.4, 0.5) is 0 Å². The molecule has 0 radical (unpaired) electrons. The number of rotatable bonds is 1. The number of hydrogen-bond acceptors (Lipinski definition) is 2. The average molecular weight is 349 g/mol. The molecule has 0 atom stereocenters. The van der Waals surface area contributed by atoms with E-state index in [-0.39, 0.29) is 29.5 Å². The Morgan fingerprint density at radius 3 is 2.28 bits per heavy atom. The monoisotopic (exact) mass is 349 g/mol. The predicted molar refractivity (Wildman–Crippen MR) is 82.9 cm³/mol. The maximum absolute atomic E-state index is 7.92. The molecule has 0 saturated carbocycles. The van der Waals surface area contributed by atoms with Gasteiger partial charge >= 0.3 is 0 Å². The summed E-state index contributed by atoms with van der Waals surface area (Å²) in [6, 6.07) is 19.6. The van der Waals surface area contributed by atoms with Crippen molar-refractivity contribution < 1.29 is 4.42 Å². The minimum atomic E-state index is 0. The molecule has 0 aliphatic rings. The van der Waals surface area contributed by atoms with E-state index in [1.54, 1.807) is 0 Å². The van der Waals surface area contributed by atoms with Crippen LogP contribution >= 0.6 is 24.0 Å². The number of para-hydroxylation sites is 1. The van der Waals surface area contributed by atoms with Crippen molar-refractivity contribution in [2.24, 2.45) is 0 Å². The van der Waals surface area contributed by atoms with Crippen molar-refractivity contribution in [3.05, 3.63) is 66.2 Å². The first-order chi connectivity index (χ1) is 8.34. The van der Waals surface area contributed by atoms with Gasteiger partial charge in [0.1, 0.15) is 5.58 Å². The minimum absolute atomic E-state index is 0. The van der Waals surface area contributed by atoms with Crippen LogP contribution in [-0.4, -0.2) is 0 Å². The Balaban J connectivity index is 0.00000120. The maximum Gasteiger partial charge on any atom is 0.219 e. The number of nitrogens with one attached hydrogen (secondary N) is 1. The largest absolute Gasteiger partial charge is 0.438 e. The summed E-state index contributed by atoms with van der Waals surface area (Å²) in [5.74, 6) is 0. The first-order valence-corrected chi connectivity index (χ1v) is 5.47. The molecule has 1 heterocycles. The molecular formula is C15H12INO. The smallest absolute Gasteiger partial charge is 0.219 e. The molecular weight excluding hydrogens is 337 g/mol. The number of fused-ring (bicyclic) bond motifs is 1. The fraction of sp³-hybridized carbons (Fsp3) is 0. The van der Waals surface area contributed by atoms with Crippen LogP contribution in [0.3, 0.4) is 0 Å². The maximum atomic E-state index is 7.92. The van der Waals surface area contributed by atoms with Gasteiger partial charge in [0.25, 0.3) is 0 Å². The van der Waals surface area contributed by atoms with E-state index >= 15 is 0 Å². The third-order valence-electron chi connectivity index (χ3n) is 2.76. The normalized spacial score (nSPS) is 10.0. The molecule has 0 bridgehead atoms. The van der Waals surface area contributed by atoms with Gasteiger partial charge in [0.15, 0.2) is 0 Å². The van der Waals surface area contributed by atoms with Crippen LogP contribution in [-0.2, 0) is 0 Å². The molecule has 0 saturated heterocycles. The second-order valence-electron chi connectivity index (χ2n) is 3.89. The van der Waals surface area contributed by atoms with E-state index in [2.05, 4.69) is 0 Å². The van der Waals surface area contributed by atoms with Gasteiger partial charge in [-0.2, -0.15) is 0 Å². The highest BCUT2D eigenvalue weighted by Crippen LogP contribution is 2.20. The summed E-state index contributed by atoms with van der Waals surface area (Å²) in [5, 5.41) is 8.94. The van der Waals surface area contributed by atoms with E-state index in [0.717, 1.165) is 22.1 Å². The summed E-state index contributed by atoms with van der Waals surface area (Å²) >= 11 is 0. The number of hydrogen-bond donors (Lipinski definition) is 1. The lowest BCUT2D eigenvalue weighted by molar-refractivity contribution is 0.536. The third-order valence-corrected chi connectivity index (χ3v) is 2.76. The second kappa shape index (κ2) is 5.35. The van der Waals surface area contributed by atoms with Crippen molar-refractivity contribution in [1.82, 2.24) is 0 Å².